The van der Waals surface area contributed by atoms with Crippen LogP contribution in [0.1, 0.15) is 31.1 Å². The van der Waals surface area contributed by atoms with E-state index < -0.39 is 0 Å². The van der Waals surface area contributed by atoms with Crippen molar-refractivity contribution in [3.8, 4) is 0 Å². The maximum Gasteiger partial charge on any atom is 0.188 e. The highest BCUT2D eigenvalue weighted by Gasteiger charge is 2.10. The molecule has 100 valence electrons. The predicted molar refractivity (Wildman–Crippen MR) is 67.3 cm³/mol. The van der Waals surface area contributed by atoms with Gasteiger partial charge in [-0.2, -0.15) is 0 Å². The van der Waals surface area contributed by atoms with Gasteiger partial charge in [-0.1, -0.05) is 0 Å². The lowest BCUT2D eigenvalue weighted by atomic mass is 10.1. The van der Waals surface area contributed by atoms with Crippen molar-refractivity contribution in [3.63, 3.8) is 0 Å². The summed E-state index contributed by atoms with van der Waals surface area (Å²) in [6.45, 7) is 6.66. The number of hydrogen-bond acceptors (Lipinski definition) is 3. The maximum atomic E-state index is 12.7. The molecule has 1 aromatic carbocycles. The number of carbonyl (C=O) groups excluding carboxylic acids is 1. The Morgan fingerprint density at radius 3 is 2.33 bits per heavy atom. The van der Waals surface area contributed by atoms with Gasteiger partial charge in [0.1, 0.15) is 12.4 Å². The molecule has 0 aliphatic rings. The lowest BCUT2D eigenvalue weighted by molar-refractivity contribution is -0.0324. The van der Waals surface area contributed by atoms with Crippen LogP contribution in [0.3, 0.4) is 0 Å². The number of carbonyl (C=O) groups is 1. The molecule has 18 heavy (non-hydrogen) atoms. The Labute approximate surface area is 107 Å². The van der Waals surface area contributed by atoms with Gasteiger partial charge in [-0.3, -0.25) is 4.79 Å². The van der Waals surface area contributed by atoms with Crippen LogP contribution < -0.4 is 0 Å². The first-order valence-corrected chi connectivity index (χ1v) is 5.89. The second-order valence-electron chi connectivity index (χ2n) is 4.94. The molecule has 1 aromatic rings. The summed E-state index contributed by atoms with van der Waals surface area (Å²) in [4.78, 5) is 11.6. The summed E-state index contributed by atoms with van der Waals surface area (Å²) in [5, 5.41) is 0. The average molecular weight is 254 g/mol. The molecule has 0 radical (unpaired) electrons. The van der Waals surface area contributed by atoms with Gasteiger partial charge in [0.15, 0.2) is 5.78 Å². The van der Waals surface area contributed by atoms with Crippen LogP contribution in [-0.2, 0) is 9.47 Å². The lowest BCUT2D eigenvalue weighted by Crippen LogP contribution is -2.22. The first-order chi connectivity index (χ1) is 8.38. The van der Waals surface area contributed by atoms with Crippen LogP contribution in [0.5, 0.6) is 0 Å². The molecule has 3 nitrogen and oxygen atoms in total. The van der Waals surface area contributed by atoms with Crippen molar-refractivity contribution in [2.75, 3.05) is 19.8 Å². The third kappa shape index (κ3) is 5.89. The smallest absolute Gasteiger partial charge is 0.188 e. The normalized spacial score (nSPS) is 11.6. The number of ketones is 1. The van der Waals surface area contributed by atoms with Crippen molar-refractivity contribution < 1.29 is 18.7 Å². The monoisotopic (exact) mass is 254 g/mol. The van der Waals surface area contributed by atoms with Gasteiger partial charge in [-0.15, -0.1) is 0 Å². The Morgan fingerprint density at radius 2 is 1.78 bits per heavy atom. The summed E-state index contributed by atoms with van der Waals surface area (Å²) in [5.74, 6) is -0.517. The predicted octanol–water partition coefficient (Wildman–Crippen LogP) is 2.84. The Hall–Kier alpha value is -1.26. The topological polar surface area (TPSA) is 35.5 Å². The van der Waals surface area contributed by atoms with Crippen molar-refractivity contribution in [1.29, 1.82) is 0 Å². The van der Waals surface area contributed by atoms with E-state index >= 15 is 0 Å². The van der Waals surface area contributed by atoms with Crippen LogP contribution in [0.4, 0.5) is 4.39 Å². The van der Waals surface area contributed by atoms with Gasteiger partial charge in [0.25, 0.3) is 0 Å². The zero-order valence-electron chi connectivity index (χ0n) is 11.0. The summed E-state index contributed by atoms with van der Waals surface area (Å²) in [5.41, 5.74) is 0.248. The zero-order chi connectivity index (χ0) is 13.6. The molecule has 0 fully saturated rings. The first kappa shape index (κ1) is 14.8. The van der Waals surface area contributed by atoms with E-state index in [1.165, 1.54) is 24.3 Å². The highest BCUT2D eigenvalue weighted by molar-refractivity contribution is 5.96. The van der Waals surface area contributed by atoms with Gasteiger partial charge in [-0.05, 0) is 45.0 Å². The third-order valence-corrected chi connectivity index (χ3v) is 2.16. The molecule has 4 heteroatoms. The Kier molecular flexibility index (Phi) is 5.44. The average Bonchev–Trinajstić information content (AvgIpc) is 2.27. The van der Waals surface area contributed by atoms with Crippen LogP contribution >= 0.6 is 0 Å². The summed E-state index contributed by atoms with van der Waals surface area (Å²) >= 11 is 0. The second kappa shape index (κ2) is 6.61. The van der Waals surface area contributed by atoms with E-state index in [2.05, 4.69) is 0 Å². The fourth-order valence-corrected chi connectivity index (χ4v) is 1.29. The van der Waals surface area contributed by atoms with Gasteiger partial charge in [-0.25, -0.2) is 4.39 Å². The number of Topliss-reactive ketones (excluding diaryl/α,β-unsaturated/α-hetero) is 1. The molecule has 0 heterocycles. The van der Waals surface area contributed by atoms with Crippen LogP contribution in [0.2, 0.25) is 0 Å². The molecule has 0 bridgehead atoms. The molecule has 0 saturated carbocycles. The summed E-state index contributed by atoms with van der Waals surface area (Å²) in [6.07, 6.45) is 0. The molecule has 0 aliphatic heterocycles. The summed E-state index contributed by atoms with van der Waals surface area (Å²) < 4.78 is 23.3. The number of rotatable bonds is 6. The molecule has 0 amide bonds. The minimum Gasteiger partial charge on any atom is -0.373 e. The van der Waals surface area contributed by atoms with Crippen molar-refractivity contribution >= 4 is 5.78 Å². The van der Waals surface area contributed by atoms with Gasteiger partial charge in [0.2, 0.25) is 0 Å². The molecule has 0 saturated heterocycles. The molecule has 0 spiro atoms. The minimum atomic E-state index is -0.356. The van der Waals surface area contributed by atoms with E-state index in [-0.39, 0.29) is 23.8 Å². The molecule has 0 unspecified atom stereocenters. The molecule has 0 atom stereocenters. The van der Waals surface area contributed by atoms with E-state index in [1.807, 2.05) is 20.8 Å². The van der Waals surface area contributed by atoms with Crippen LogP contribution in [0, 0.1) is 5.82 Å². The third-order valence-electron chi connectivity index (χ3n) is 2.16. The Balaban J connectivity index is 2.24. The van der Waals surface area contributed by atoms with E-state index in [1.54, 1.807) is 0 Å². The summed E-state index contributed by atoms with van der Waals surface area (Å²) in [6, 6.07) is 5.42. The minimum absolute atomic E-state index is 0.0147. The number of halogens is 1. The molecule has 1 rings (SSSR count). The first-order valence-electron chi connectivity index (χ1n) is 5.89. The van der Waals surface area contributed by atoms with E-state index in [0.29, 0.717) is 18.8 Å². The molecule has 0 aromatic heterocycles. The van der Waals surface area contributed by atoms with Crippen molar-refractivity contribution in [2.45, 2.75) is 26.4 Å². The maximum absolute atomic E-state index is 12.7. The lowest BCUT2D eigenvalue weighted by Gasteiger charge is -2.19. The Morgan fingerprint density at radius 1 is 1.17 bits per heavy atom. The zero-order valence-corrected chi connectivity index (χ0v) is 11.0. The quantitative estimate of drug-likeness (QED) is 0.578. The number of ether oxygens (including phenoxy) is 2. The highest BCUT2D eigenvalue weighted by Crippen LogP contribution is 2.06. The van der Waals surface area contributed by atoms with Gasteiger partial charge in [0.05, 0.1) is 18.8 Å². The standard InChI is InChI=1S/C14H19FO3/c1-14(2,3)18-9-8-17-10-13(16)11-4-6-12(15)7-5-11/h4-7H,8-10H2,1-3H3. The van der Waals surface area contributed by atoms with Crippen LogP contribution in [-0.4, -0.2) is 31.2 Å². The highest BCUT2D eigenvalue weighted by atomic mass is 19.1. The van der Waals surface area contributed by atoms with E-state index in [0.717, 1.165) is 0 Å². The largest absolute Gasteiger partial charge is 0.373 e. The second-order valence-corrected chi connectivity index (χ2v) is 4.94. The Bertz CT molecular complexity index is 379. The number of benzene rings is 1. The van der Waals surface area contributed by atoms with Crippen molar-refractivity contribution in [1.82, 2.24) is 0 Å². The number of hydrogen-bond donors (Lipinski definition) is 0. The molecular formula is C14H19FO3. The van der Waals surface area contributed by atoms with Gasteiger partial charge in [0, 0.05) is 5.56 Å². The SMILES string of the molecule is CC(C)(C)OCCOCC(=O)c1ccc(F)cc1. The molecular weight excluding hydrogens is 235 g/mol. The van der Waals surface area contributed by atoms with Gasteiger partial charge < -0.3 is 9.47 Å². The van der Waals surface area contributed by atoms with Crippen LogP contribution in [0.25, 0.3) is 0 Å². The van der Waals surface area contributed by atoms with E-state index in [4.69, 9.17) is 9.47 Å². The van der Waals surface area contributed by atoms with Crippen LogP contribution in [0.15, 0.2) is 24.3 Å². The van der Waals surface area contributed by atoms with Crippen molar-refractivity contribution in [2.24, 2.45) is 0 Å². The molecule has 0 N–H and O–H groups in total. The molecule has 0 aliphatic carbocycles. The van der Waals surface area contributed by atoms with Crippen molar-refractivity contribution in [3.05, 3.63) is 35.6 Å². The van der Waals surface area contributed by atoms with E-state index in [9.17, 15) is 9.18 Å². The fraction of sp³-hybridized carbons (Fsp3) is 0.500. The summed E-state index contributed by atoms with van der Waals surface area (Å²) in [7, 11) is 0. The van der Waals surface area contributed by atoms with Gasteiger partial charge >= 0.3 is 0 Å². The fourth-order valence-electron chi connectivity index (χ4n) is 1.29.